The van der Waals surface area contributed by atoms with Crippen molar-refractivity contribution in [2.75, 3.05) is 13.2 Å². The molecule has 0 unspecified atom stereocenters. The van der Waals surface area contributed by atoms with Crippen molar-refractivity contribution >= 4 is 5.91 Å². The zero-order valence-corrected chi connectivity index (χ0v) is 6.92. The molecule has 1 aliphatic heterocycles. The smallest absolute Gasteiger partial charge is 0.222 e. The summed E-state index contributed by atoms with van der Waals surface area (Å²) in [5, 5.41) is 8.66. The highest BCUT2D eigenvalue weighted by atomic mass is 16.3. The van der Waals surface area contributed by atoms with Crippen LogP contribution in [0.1, 0.15) is 26.2 Å². The standard InChI is InChI=1S/C8H15NO2/c1-2-7-3-4-8(11)9(7)5-6-10/h7,10H,2-6H2,1H3/t7-/m1/s1. The molecule has 1 amide bonds. The highest BCUT2D eigenvalue weighted by Gasteiger charge is 2.28. The Morgan fingerprint density at radius 1 is 1.73 bits per heavy atom. The summed E-state index contributed by atoms with van der Waals surface area (Å²) in [4.78, 5) is 12.9. The minimum atomic E-state index is 0.0856. The summed E-state index contributed by atoms with van der Waals surface area (Å²) in [5.74, 6) is 0.200. The van der Waals surface area contributed by atoms with Crippen molar-refractivity contribution in [2.24, 2.45) is 0 Å². The number of hydrogen-bond acceptors (Lipinski definition) is 2. The predicted molar refractivity (Wildman–Crippen MR) is 42.1 cm³/mol. The minimum absolute atomic E-state index is 0.0856. The summed E-state index contributed by atoms with van der Waals surface area (Å²) in [5.41, 5.74) is 0. The van der Waals surface area contributed by atoms with Crippen molar-refractivity contribution in [3.8, 4) is 0 Å². The van der Waals surface area contributed by atoms with E-state index in [-0.39, 0.29) is 12.5 Å². The molecule has 1 aliphatic rings. The predicted octanol–water partition coefficient (Wildman–Crippen LogP) is 0.380. The second kappa shape index (κ2) is 3.72. The van der Waals surface area contributed by atoms with Crippen LogP contribution >= 0.6 is 0 Å². The Labute approximate surface area is 67.0 Å². The average Bonchev–Trinajstić information content (AvgIpc) is 2.34. The van der Waals surface area contributed by atoms with Gasteiger partial charge in [0.25, 0.3) is 0 Å². The Kier molecular flexibility index (Phi) is 2.88. The topological polar surface area (TPSA) is 40.5 Å². The van der Waals surface area contributed by atoms with Gasteiger partial charge in [0.15, 0.2) is 0 Å². The van der Waals surface area contributed by atoms with Crippen LogP contribution < -0.4 is 0 Å². The van der Waals surface area contributed by atoms with E-state index in [1.165, 1.54) is 0 Å². The molecule has 0 spiro atoms. The van der Waals surface area contributed by atoms with Crippen LogP contribution in [0.2, 0.25) is 0 Å². The summed E-state index contributed by atoms with van der Waals surface area (Å²) in [6.45, 7) is 2.67. The maximum Gasteiger partial charge on any atom is 0.222 e. The molecule has 11 heavy (non-hydrogen) atoms. The number of carbonyl (C=O) groups excluding carboxylic acids is 1. The van der Waals surface area contributed by atoms with Crippen molar-refractivity contribution in [1.82, 2.24) is 4.90 Å². The zero-order valence-electron chi connectivity index (χ0n) is 6.92. The van der Waals surface area contributed by atoms with Crippen molar-refractivity contribution in [1.29, 1.82) is 0 Å². The molecule has 0 aromatic heterocycles. The third-order valence-electron chi connectivity index (χ3n) is 2.26. The number of aliphatic hydroxyl groups excluding tert-OH is 1. The van der Waals surface area contributed by atoms with Crippen LogP contribution in [0.4, 0.5) is 0 Å². The van der Waals surface area contributed by atoms with Gasteiger partial charge in [-0.2, -0.15) is 0 Å². The quantitative estimate of drug-likeness (QED) is 0.643. The summed E-state index contributed by atoms with van der Waals surface area (Å²) < 4.78 is 0. The van der Waals surface area contributed by atoms with Gasteiger partial charge in [0.1, 0.15) is 0 Å². The molecule has 1 heterocycles. The van der Waals surface area contributed by atoms with Crippen LogP contribution in [0, 0.1) is 0 Å². The van der Waals surface area contributed by atoms with Crippen LogP contribution in [-0.4, -0.2) is 35.1 Å². The van der Waals surface area contributed by atoms with Crippen molar-refractivity contribution in [3.05, 3.63) is 0 Å². The molecule has 1 atom stereocenters. The second-order valence-corrected chi connectivity index (χ2v) is 2.91. The number of carbonyl (C=O) groups is 1. The Morgan fingerprint density at radius 3 is 3.00 bits per heavy atom. The maximum atomic E-state index is 11.1. The van der Waals surface area contributed by atoms with Gasteiger partial charge < -0.3 is 10.0 Å². The summed E-state index contributed by atoms with van der Waals surface area (Å²) in [6.07, 6.45) is 2.64. The average molecular weight is 157 g/mol. The number of aliphatic hydroxyl groups is 1. The molecule has 3 nitrogen and oxygen atoms in total. The van der Waals surface area contributed by atoms with E-state index in [1.807, 2.05) is 0 Å². The van der Waals surface area contributed by atoms with Crippen molar-refractivity contribution < 1.29 is 9.90 Å². The third-order valence-corrected chi connectivity index (χ3v) is 2.26. The van der Waals surface area contributed by atoms with E-state index in [0.717, 1.165) is 12.8 Å². The first-order valence-corrected chi connectivity index (χ1v) is 4.20. The SMILES string of the molecule is CC[C@@H]1CCC(=O)N1CCO. The zero-order chi connectivity index (χ0) is 8.27. The van der Waals surface area contributed by atoms with E-state index in [0.29, 0.717) is 19.0 Å². The molecule has 0 radical (unpaired) electrons. The lowest BCUT2D eigenvalue weighted by atomic mass is 10.2. The number of likely N-dealkylation sites (tertiary alicyclic amines) is 1. The summed E-state index contributed by atoms with van der Waals surface area (Å²) in [7, 11) is 0. The molecule has 0 aromatic carbocycles. The molecule has 64 valence electrons. The maximum absolute atomic E-state index is 11.1. The van der Waals surface area contributed by atoms with Gasteiger partial charge in [0, 0.05) is 19.0 Å². The van der Waals surface area contributed by atoms with Gasteiger partial charge in [-0.1, -0.05) is 6.92 Å². The first-order valence-electron chi connectivity index (χ1n) is 4.20. The lowest BCUT2D eigenvalue weighted by Crippen LogP contribution is -2.34. The number of hydrogen-bond donors (Lipinski definition) is 1. The molecular weight excluding hydrogens is 142 g/mol. The fourth-order valence-electron chi connectivity index (χ4n) is 1.63. The lowest BCUT2D eigenvalue weighted by molar-refractivity contribution is -0.129. The number of rotatable bonds is 3. The summed E-state index contributed by atoms with van der Waals surface area (Å²) >= 11 is 0. The van der Waals surface area contributed by atoms with Gasteiger partial charge in [0.05, 0.1) is 6.61 Å². The largest absolute Gasteiger partial charge is 0.395 e. The molecular formula is C8H15NO2. The monoisotopic (exact) mass is 157 g/mol. The van der Waals surface area contributed by atoms with Crippen LogP contribution in [0.15, 0.2) is 0 Å². The fourth-order valence-corrected chi connectivity index (χ4v) is 1.63. The van der Waals surface area contributed by atoms with Gasteiger partial charge in [-0.25, -0.2) is 0 Å². The first-order chi connectivity index (χ1) is 5.29. The molecule has 1 N–H and O–H groups in total. The first kappa shape index (κ1) is 8.53. The van der Waals surface area contributed by atoms with Gasteiger partial charge in [0.2, 0.25) is 5.91 Å². The molecule has 1 saturated heterocycles. The molecule has 0 saturated carbocycles. The van der Waals surface area contributed by atoms with E-state index in [2.05, 4.69) is 6.92 Å². The highest BCUT2D eigenvalue weighted by molar-refractivity contribution is 5.78. The minimum Gasteiger partial charge on any atom is -0.395 e. The molecule has 0 bridgehead atoms. The van der Waals surface area contributed by atoms with Gasteiger partial charge >= 0.3 is 0 Å². The van der Waals surface area contributed by atoms with Gasteiger partial charge in [-0.05, 0) is 12.8 Å². The van der Waals surface area contributed by atoms with E-state index in [4.69, 9.17) is 5.11 Å². The molecule has 1 fully saturated rings. The third kappa shape index (κ3) is 1.71. The Hall–Kier alpha value is -0.570. The van der Waals surface area contributed by atoms with Crippen LogP contribution in [0.5, 0.6) is 0 Å². The number of amides is 1. The van der Waals surface area contributed by atoms with Crippen LogP contribution in [-0.2, 0) is 4.79 Å². The fraction of sp³-hybridized carbons (Fsp3) is 0.875. The Bertz CT molecular complexity index is 147. The van der Waals surface area contributed by atoms with E-state index in [1.54, 1.807) is 4.90 Å². The van der Waals surface area contributed by atoms with Crippen LogP contribution in [0.25, 0.3) is 0 Å². The van der Waals surface area contributed by atoms with E-state index in [9.17, 15) is 4.79 Å². The van der Waals surface area contributed by atoms with E-state index < -0.39 is 0 Å². The highest BCUT2D eigenvalue weighted by Crippen LogP contribution is 2.20. The normalized spacial score (nSPS) is 24.7. The second-order valence-electron chi connectivity index (χ2n) is 2.91. The number of nitrogens with zero attached hydrogens (tertiary/aromatic N) is 1. The van der Waals surface area contributed by atoms with Crippen molar-refractivity contribution in [3.63, 3.8) is 0 Å². The Morgan fingerprint density at radius 2 is 2.45 bits per heavy atom. The molecule has 0 aromatic rings. The molecule has 1 rings (SSSR count). The van der Waals surface area contributed by atoms with Gasteiger partial charge in [-0.3, -0.25) is 4.79 Å². The Balaban J connectivity index is 2.49. The van der Waals surface area contributed by atoms with Crippen LogP contribution in [0.3, 0.4) is 0 Å². The number of β-amino-alcohol motifs (C(OH)–C–C–N with tert-alkyl or cyclic N) is 1. The van der Waals surface area contributed by atoms with Gasteiger partial charge in [-0.15, -0.1) is 0 Å². The molecule has 0 aliphatic carbocycles. The van der Waals surface area contributed by atoms with E-state index >= 15 is 0 Å². The lowest BCUT2D eigenvalue weighted by Gasteiger charge is -2.22. The van der Waals surface area contributed by atoms with Crippen molar-refractivity contribution in [2.45, 2.75) is 32.2 Å². The molecule has 3 heteroatoms. The summed E-state index contributed by atoms with van der Waals surface area (Å²) in [6, 6.07) is 0.384.